The largest absolute Gasteiger partial charge is 0.481 e. The van der Waals surface area contributed by atoms with E-state index in [1.807, 2.05) is 9.39 Å². The Morgan fingerprint density at radius 3 is 2.46 bits per heavy atom. The van der Waals surface area contributed by atoms with Gasteiger partial charge in [-0.3, -0.25) is 9.59 Å². The lowest BCUT2D eigenvalue weighted by atomic mass is 10.0. The second-order valence-electron chi connectivity index (χ2n) is 2.68. The van der Waals surface area contributed by atoms with E-state index in [9.17, 15) is 9.59 Å². The highest BCUT2D eigenvalue weighted by atomic mass is 31.0. The minimum Gasteiger partial charge on any atom is -0.481 e. The van der Waals surface area contributed by atoms with Crippen molar-refractivity contribution >= 4 is 21.3 Å². The van der Waals surface area contributed by atoms with Crippen LogP contribution in [0.1, 0.15) is 19.3 Å². The number of carboxylic acid groups (broad SMARTS) is 1. The van der Waals surface area contributed by atoms with Crippen molar-refractivity contribution in [1.82, 2.24) is 5.09 Å². The maximum absolute atomic E-state index is 11.0. The molecule has 2 unspecified atom stereocenters. The fourth-order valence-electron chi connectivity index (χ4n) is 0.960. The zero-order chi connectivity index (χ0) is 10.3. The third kappa shape index (κ3) is 4.80. The highest BCUT2D eigenvalue weighted by Crippen LogP contribution is 2.09. The van der Waals surface area contributed by atoms with Crippen LogP contribution in [0, 0.1) is 5.92 Å². The molecule has 0 aromatic carbocycles. The number of carbonyl (C=O) groups excluding carboxylic acids is 1. The number of hydrogen-bond acceptors (Lipinski definition) is 3. The number of aliphatic carboxylic acids is 1. The Morgan fingerprint density at radius 1 is 1.46 bits per heavy atom. The Kier molecular flexibility index (Phi) is 6.45. The van der Waals surface area contributed by atoms with Crippen LogP contribution in [-0.2, 0) is 9.59 Å². The van der Waals surface area contributed by atoms with Crippen LogP contribution in [0.2, 0.25) is 0 Å². The first-order valence-electron chi connectivity index (χ1n) is 4.06. The van der Waals surface area contributed by atoms with E-state index in [0.29, 0.717) is 19.4 Å². The lowest BCUT2D eigenvalue weighted by Gasteiger charge is -2.09. The maximum atomic E-state index is 11.0. The lowest BCUT2D eigenvalue weighted by molar-refractivity contribution is -0.146. The normalized spacial score (nSPS) is 12.2. The SMILES string of the molecule is NCCCCC(C(=O)O)C(=O)NP. The summed E-state index contributed by atoms with van der Waals surface area (Å²) in [4.78, 5) is 21.6. The fraction of sp³-hybridized carbons (Fsp3) is 0.714. The van der Waals surface area contributed by atoms with Crippen LogP contribution in [0.4, 0.5) is 0 Å². The van der Waals surface area contributed by atoms with Crippen LogP contribution >= 0.6 is 9.39 Å². The Morgan fingerprint density at radius 2 is 2.08 bits per heavy atom. The second-order valence-corrected chi connectivity index (χ2v) is 2.97. The van der Waals surface area contributed by atoms with Gasteiger partial charge >= 0.3 is 5.97 Å². The van der Waals surface area contributed by atoms with Crippen LogP contribution in [-0.4, -0.2) is 23.5 Å². The molecule has 0 radical (unpaired) electrons. The molecule has 0 saturated carbocycles. The van der Waals surface area contributed by atoms with Gasteiger partial charge in [-0.25, -0.2) is 0 Å². The molecule has 4 N–H and O–H groups in total. The average Bonchev–Trinajstić information content (AvgIpc) is 2.11. The maximum Gasteiger partial charge on any atom is 0.316 e. The molecule has 0 rings (SSSR count). The molecule has 0 heterocycles. The predicted octanol–water partition coefficient (Wildman–Crippen LogP) is -0.278. The first-order valence-corrected chi connectivity index (χ1v) is 4.64. The van der Waals surface area contributed by atoms with Crippen LogP contribution < -0.4 is 10.8 Å². The molecule has 76 valence electrons. The van der Waals surface area contributed by atoms with Crippen molar-refractivity contribution in [1.29, 1.82) is 0 Å². The zero-order valence-corrected chi connectivity index (χ0v) is 8.48. The van der Waals surface area contributed by atoms with Crippen LogP contribution in [0.15, 0.2) is 0 Å². The molecule has 1 amide bonds. The van der Waals surface area contributed by atoms with E-state index >= 15 is 0 Å². The summed E-state index contributed by atoms with van der Waals surface area (Å²) in [6.45, 7) is 0.523. The van der Waals surface area contributed by atoms with Gasteiger partial charge in [0, 0.05) is 0 Å². The van der Waals surface area contributed by atoms with E-state index in [0.717, 1.165) is 6.42 Å². The molecule has 0 saturated heterocycles. The number of hydrogen-bond donors (Lipinski definition) is 3. The number of carboxylic acids is 1. The summed E-state index contributed by atoms with van der Waals surface area (Å²) in [7, 11) is 2.00. The molecule has 6 heteroatoms. The van der Waals surface area contributed by atoms with E-state index < -0.39 is 17.8 Å². The topological polar surface area (TPSA) is 92.4 Å². The van der Waals surface area contributed by atoms with Crippen molar-refractivity contribution in [3.05, 3.63) is 0 Å². The summed E-state index contributed by atoms with van der Waals surface area (Å²) in [5, 5.41) is 10.9. The van der Waals surface area contributed by atoms with E-state index in [-0.39, 0.29) is 0 Å². The molecule has 5 nitrogen and oxygen atoms in total. The van der Waals surface area contributed by atoms with E-state index in [1.165, 1.54) is 0 Å². The van der Waals surface area contributed by atoms with E-state index in [1.54, 1.807) is 0 Å². The smallest absolute Gasteiger partial charge is 0.316 e. The van der Waals surface area contributed by atoms with Gasteiger partial charge in [-0.1, -0.05) is 6.42 Å². The van der Waals surface area contributed by atoms with Crippen LogP contribution in [0.25, 0.3) is 0 Å². The van der Waals surface area contributed by atoms with Gasteiger partial charge in [-0.15, -0.1) is 0 Å². The minimum atomic E-state index is -1.09. The van der Waals surface area contributed by atoms with Gasteiger partial charge in [0.2, 0.25) is 5.91 Å². The van der Waals surface area contributed by atoms with Crippen molar-refractivity contribution in [3.63, 3.8) is 0 Å². The quantitative estimate of drug-likeness (QED) is 0.316. The summed E-state index contributed by atoms with van der Waals surface area (Å²) in [6, 6.07) is 0. The first kappa shape index (κ1) is 12.3. The summed E-state index contributed by atoms with van der Waals surface area (Å²) in [6.07, 6.45) is 1.74. The number of amides is 1. The molecule has 0 bridgehead atoms. The first-order chi connectivity index (χ1) is 6.13. The van der Waals surface area contributed by atoms with Gasteiger partial charge in [0.15, 0.2) is 0 Å². The molecule has 13 heavy (non-hydrogen) atoms. The van der Waals surface area contributed by atoms with Crippen molar-refractivity contribution in [3.8, 4) is 0 Å². The Balaban J connectivity index is 3.95. The van der Waals surface area contributed by atoms with Crippen molar-refractivity contribution in [2.75, 3.05) is 6.54 Å². The number of unbranched alkanes of at least 4 members (excludes halogenated alkanes) is 1. The monoisotopic (exact) mass is 206 g/mol. The van der Waals surface area contributed by atoms with Crippen molar-refractivity contribution < 1.29 is 14.7 Å². The number of nitrogens with two attached hydrogens (primary N) is 1. The zero-order valence-electron chi connectivity index (χ0n) is 7.32. The molecule has 0 aliphatic rings. The van der Waals surface area contributed by atoms with Gasteiger partial charge in [-0.2, -0.15) is 0 Å². The molecule has 0 aliphatic heterocycles. The fourth-order valence-corrected chi connectivity index (χ4v) is 1.16. The Labute approximate surface area is 79.3 Å². The number of carbonyl (C=O) groups is 2. The molecule has 0 fully saturated rings. The van der Waals surface area contributed by atoms with Crippen molar-refractivity contribution in [2.45, 2.75) is 19.3 Å². The van der Waals surface area contributed by atoms with Gasteiger partial charge in [-0.05, 0) is 28.8 Å². The summed E-state index contributed by atoms with van der Waals surface area (Å²) in [5.74, 6) is -2.52. The predicted molar refractivity (Wildman–Crippen MR) is 51.9 cm³/mol. The second kappa shape index (κ2) is 6.80. The Hall–Kier alpha value is -0.670. The number of rotatable bonds is 6. The minimum absolute atomic E-state index is 0.340. The summed E-state index contributed by atoms with van der Waals surface area (Å²) < 4.78 is 0. The highest BCUT2D eigenvalue weighted by Gasteiger charge is 2.24. The third-order valence-corrected chi connectivity index (χ3v) is 1.99. The van der Waals surface area contributed by atoms with Crippen LogP contribution in [0.5, 0.6) is 0 Å². The third-order valence-electron chi connectivity index (χ3n) is 1.70. The van der Waals surface area contributed by atoms with E-state index in [4.69, 9.17) is 10.8 Å². The van der Waals surface area contributed by atoms with E-state index in [2.05, 4.69) is 5.09 Å². The standard InChI is InChI=1S/C7H15N2O3P/c8-4-2-1-3-5(7(11)12)6(10)9-13/h5H,1-4,8,13H2,(H,9,10)(H,11,12). The molecule has 2 atom stereocenters. The lowest BCUT2D eigenvalue weighted by Crippen LogP contribution is -2.30. The highest BCUT2D eigenvalue weighted by molar-refractivity contribution is 7.15. The summed E-state index contributed by atoms with van der Waals surface area (Å²) >= 11 is 0. The molecule has 0 aromatic rings. The van der Waals surface area contributed by atoms with Crippen molar-refractivity contribution in [2.24, 2.45) is 11.7 Å². The van der Waals surface area contributed by atoms with Gasteiger partial charge in [0.1, 0.15) is 5.92 Å². The molecule has 0 spiro atoms. The van der Waals surface area contributed by atoms with Gasteiger partial charge in [0.25, 0.3) is 0 Å². The average molecular weight is 206 g/mol. The molecular weight excluding hydrogens is 191 g/mol. The molecule has 0 aromatic heterocycles. The van der Waals surface area contributed by atoms with Gasteiger partial charge in [0.05, 0.1) is 0 Å². The molecule has 0 aliphatic carbocycles. The number of nitrogens with one attached hydrogen (secondary N) is 1. The van der Waals surface area contributed by atoms with Crippen LogP contribution in [0.3, 0.4) is 0 Å². The molecular formula is C7H15N2O3P. The summed E-state index contributed by atoms with van der Waals surface area (Å²) in [5.41, 5.74) is 5.25. The van der Waals surface area contributed by atoms with Gasteiger partial charge < -0.3 is 15.9 Å². The Bertz CT molecular complexity index is 187.